The van der Waals surface area contributed by atoms with Gasteiger partial charge < -0.3 is 20.2 Å². The van der Waals surface area contributed by atoms with Gasteiger partial charge in [-0.15, -0.1) is 0 Å². The zero-order chi connectivity index (χ0) is 16.9. The Morgan fingerprint density at radius 2 is 2.13 bits per heavy atom. The van der Waals surface area contributed by atoms with Crippen molar-refractivity contribution in [2.24, 2.45) is 5.41 Å². The number of anilines is 1. The molecular formula is C16H29N5O2. The standard InChI is InChI=1S/C16H29N5O2/c1-4-16(13-22)5-7-20(8-6-16)15(23)18-14-11-17-21(12-14)10-9-19(2)3/h11-12,22H,4-10,13H2,1-3H3,(H,18,23). The maximum atomic E-state index is 12.3. The van der Waals surface area contributed by atoms with Gasteiger partial charge in [0.1, 0.15) is 0 Å². The molecule has 1 aromatic rings. The third kappa shape index (κ3) is 4.68. The Balaban J connectivity index is 1.83. The van der Waals surface area contributed by atoms with E-state index in [1.165, 1.54) is 0 Å². The molecule has 0 bridgehead atoms. The van der Waals surface area contributed by atoms with E-state index in [9.17, 15) is 9.90 Å². The summed E-state index contributed by atoms with van der Waals surface area (Å²) >= 11 is 0. The minimum atomic E-state index is -0.0835. The third-order valence-electron chi connectivity index (χ3n) is 4.86. The summed E-state index contributed by atoms with van der Waals surface area (Å²) in [5.41, 5.74) is 0.719. The van der Waals surface area contributed by atoms with Gasteiger partial charge in [-0.05, 0) is 38.8 Å². The molecule has 1 fully saturated rings. The molecule has 0 aliphatic carbocycles. The number of carbonyl (C=O) groups excluding carboxylic acids is 1. The van der Waals surface area contributed by atoms with Gasteiger partial charge in [-0.2, -0.15) is 5.10 Å². The van der Waals surface area contributed by atoms with Crippen LogP contribution in [0.2, 0.25) is 0 Å². The number of aliphatic hydroxyl groups excluding tert-OH is 1. The molecule has 0 radical (unpaired) electrons. The van der Waals surface area contributed by atoms with Crippen molar-refractivity contribution in [2.75, 3.05) is 45.7 Å². The van der Waals surface area contributed by atoms with Crippen molar-refractivity contribution in [3.05, 3.63) is 12.4 Å². The van der Waals surface area contributed by atoms with E-state index >= 15 is 0 Å². The highest BCUT2D eigenvalue weighted by molar-refractivity contribution is 5.89. The maximum absolute atomic E-state index is 12.3. The molecule has 1 saturated heterocycles. The highest BCUT2D eigenvalue weighted by Crippen LogP contribution is 2.34. The van der Waals surface area contributed by atoms with Crippen molar-refractivity contribution in [3.8, 4) is 0 Å². The molecule has 23 heavy (non-hydrogen) atoms. The van der Waals surface area contributed by atoms with E-state index in [1.807, 2.05) is 29.9 Å². The quantitative estimate of drug-likeness (QED) is 0.831. The summed E-state index contributed by atoms with van der Waals surface area (Å²) in [6.07, 6.45) is 6.21. The minimum Gasteiger partial charge on any atom is -0.396 e. The number of likely N-dealkylation sites (tertiary alicyclic amines) is 1. The molecule has 0 spiro atoms. The zero-order valence-electron chi connectivity index (χ0n) is 14.5. The van der Waals surface area contributed by atoms with Crippen LogP contribution in [0.3, 0.4) is 0 Å². The lowest BCUT2D eigenvalue weighted by Gasteiger charge is -2.40. The zero-order valence-corrected chi connectivity index (χ0v) is 14.5. The fourth-order valence-corrected chi connectivity index (χ4v) is 2.86. The van der Waals surface area contributed by atoms with E-state index in [2.05, 4.69) is 22.2 Å². The van der Waals surface area contributed by atoms with Gasteiger partial charge in [0.05, 0.1) is 18.4 Å². The maximum Gasteiger partial charge on any atom is 0.321 e. The van der Waals surface area contributed by atoms with Crippen LogP contribution in [0.15, 0.2) is 12.4 Å². The molecule has 0 unspecified atom stereocenters. The van der Waals surface area contributed by atoms with Gasteiger partial charge >= 0.3 is 6.03 Å². The first-order chi connectivity index (χ1) is 11.0. The second kappa shape index (κ2) is 7.79. The lowest BCUT2D eigenvalue weighted by atomic mass is 9.77. The van der Waals surface area contributed by atoms with Gasteiger partial charge in [0.2, 0.25) is 0 Å². The SMILES string of the molecule is CCC1(CO)CCN(C(=O)Nc2cnn(CCN(C)C)c2)CC1. The molecule has 2 amide bonds. The summed E-state index contributed by atoms with van der Waals surface area (Å²) in [4.78, 5) is 16.2. The van der Waals surface area contributed by atoms with Crippen LogP contribution in [0.4, 0.5) is 10.5 Å². The number of carbonyl (C=O) groups is 1. The molecule has 130 valence electrons. The average molecular weight is 323 g/mol. The number of hydrogen-bond donors (Lipinski definition) is 2. The summed E-state index contributed by atoms with van der Waals surface area (Å²) in [5, 5.41) is 16.7. The predicted molar refractivity (Wildman–Crippen MR) is 90.4 cm³/mol. The van der Waals surface area contributed by atoms with Crippen LogP contribution >= 0.6 is 0 Å². The summed E-state index contributed by atoms with van der Waals surface area (Å²) in [6.45, 7) is 5.39. The molecule has 0 atom stereocenters. The van der Waals surface area contributed by atoms with Crippen molar-refractivity contribution < 1.29 is 9.90 Å². The van der Waals surface area contributed by atoms with E-state index in [4.69, 9.17) is 0 Å². The Kier molecular flexibility index (Phi) is 6.01. The number of hydrogen-bond acceptors (Lipinski definition) is 4. The van der Waals surface area contributed by atoms with E-state index in [0.29, 0.717) is 13.1 Å². The number of nitrogens with one attached hydrogen (secondary N) is 1. The van der Waals surface area contributed by atoms with Gasteiger partial charge in [-0.1, -0.05) is 6.92 Å². The van der Waals surface area contributed by atoms with Crippen LogP contribution in [-0.2, 0) is 6.54 Å². The lowest BCUT2D eigenvalue weighted by Crippen LogP contribution is -2.46. The fraction of sp³-hybridized carbons (Fsp3) is 0.750. The second-order valence-corrected chi connectivity index (χ2v) is 6.72. The van der Waals surface area contributed by atoms with Crippen LogP contribution in [0, 0.1) is 5.41 Å². The van der Waals surface area contributed by atoms with Crippen LogP contribution in [0.25, 0.3) is 0 Å². The smallest absolute Gasteiger partial charge is 0.321 e. The van der Waals surface area contributed by atoms with Gasteiger partial charge in [-0.25, -0.2) is 4.79 Å². The highest BCUT2D eigenvalue weighted by atomic mass is 16.3. The number of likely N-dealkylation sites (N-methyl/N-ethyl adjacent to an activating group) is 1. The molecule has 2 rings (SSSR count). The number of aromatic nitrogens is 2. The van der Waals surface area contributed by atoms with E-state index in [1.54, 1.807) is 6.20 Å². The van der Waals surface area contributed by atoms with E-state index < -0.39 is 0 Å². The monoisotopic (exact) mass is 323 g/mol. The van der Waals surface area contributed by atoms with Crippen molar-refractivity contribution in [1.82, 2.24) is 19.6 Å². The molecule has 7 nitrogen and oxygen atoms in total. The third-order valence-corrected chi connectivity index (χ3v) is 4.86. The Hall–Kier alpha value is -1.60. The summed E-state index contributed by atoms with van der Waals surface area (Å²) in [7, 11) is 4.04. The number of nitrogens with zero attached hydrogens (tertiary/aromatic N) is 4. The molecule has 2 heterocycles. The average Bonchev–Trinajstić information content (AvgIpc) is 3.00. The molecule has 1 aromatic heterocycles. The first kappa shape index (κ1) is 17.7. The molecule has 0 aromatic carbocycles. The van der Waals surface area contributed by atoms with Crippen LogP contribution in [0.5, 0.6) is 0 Å². The first-order valence-corrected chi connectivity index (χ1v) is 8.32. The largest absolute Gasteiger partial charge is 0.396 e. The lowest BCUT2D eigenvalue weighted by molar-refractivity contribution is 0.0542. The van der Waals surface area contributed by atoms with Crippen LogP contribution < -0.4 is 5.32 Å². The Labute approximate surface area is 138 Å². The predicted octanol–water partition coefficient (Wildman–Crippen LogP) is 1.46. The fourth-order valence-electron chi connectivity index (χ4n) is 2.86. The van der Waals surface area contributed by atoms with Crippen molar-refractivity contribution in [3.63, 3.8) is 0 Å². The summed E-state index contributed by atoms with van der Waals surface area (Å²) < 4.78 is 1.83. The molecule has 1 aliphatic rings. The van der Waals surface area contributed by atoms with Crippen LogP contribution in [0.1, 0.15) is 26.2 Å². The van der Waals surface area contributed by atoms with Gasteiger partial charge in [0.25, 0.3) is 0 Å². The summed E-state index contributed by atoms with van der Waals surface area (Å²) in [6, 6.07) is -0.0835. The number of amides is 2. The summed E-state index contributed by atoms with van der Waals surface area (Å²) in [5.74, 6) is 0. The molecule has 2 N–H and O–H groups in total. The van der Waals surface area contributed by atoms with E-state index in [0.717, 1.165) is 38.0 Å². The normalized spacial score (nSPS) is 17.5. The Bertz CT molecular complexity index is 500. The highest BCUT2D eigenvalue weighted by Gasteiger charge is 2.33. The first-order valence-electron chi connectivity index (χ1n) is 8.32. The van der Waals surface area contributed by atoms with Crippen molar-refractivity contribution in [1.29, 1.82) is 0 Å². The topological polar surface area (TPSA) is 73.6 Å². The van der Waals surface area contributed by atoms with Gasteiger partial charge in [0, 0.05) is 32.4 Å². The molecule has 1 aliphatic heterocycles. The van der Waals surface area contributed by atoms with Crippen LogP contribution in [-0.4, -0.2) is 71.1 Å². The molecule has 0 saturated carbocycles. The second-order valence-electron chi connectivity index (χ2n) is 6.72. The van der Waals surface area contributed by atoms with E-state index in [-0.39, 0.29) is 18.1 Å². The minimum absolute atomic E-state index is 0.00611. The number of rotatable bonds is 6. The van der Waals surface area contributed by atoms with Gasteiger partial charge in [-0.3, -0.25) is 4.68 Å². The number of piperidine rings is 1. The van der Waals surface area contributed by atoms with Crippen molar-refractivity contribution >= 4 is 11.7 Å². The molecule has 7 heteroatoms. The molecular weight excluding hydrogens is 294 g/mol. The van der Waals surface area contributed by atoms with Crippen molar-refractivity contribution in [2.45, 2.75) is 32.7 Å². The Morgan fingerprint density at radius 3 is 2.70 bits per heavy atom. The van der Waals surface area contributed by atoms with Gasteiger partial charge in [0.15, 0.2) is 0 Å². The number of urea groups is 1. The number of aliphatic hydroxyl groups is 1. The Morgan fingerprint density at radius 1 is 1.43 bits per heavy atom.